The molecule has 0 aromatic carbocycles. The van der Waals surface area contributed by atoms with Crippen LogP contribution < -0.4 is 0 Å². The first-order valence-corrected chi connectivity index (χ1v) is 14.4. The van der Waals surface area contributed by atoms with E-state index in [0.717, 1.165) is 41.9 Å². The zero-order chi connectivity index (χ0) is 20.7. The number of nitrogens with zero attached hydrogens (tertiary/aromatic N) is 2. The van der Waals surface area contributed by atoms with Crippen LogP contribution in [0, 0.1) is 0 Å². The number of allylic oxidation sites excluding steroid dienone is 1. The fourth-order valence-electron chi connectivity index (χ4n) is 3.27. The van der Waals surface area contributed by atoms with Gasteiger partial charge in [0, 0.05) is 25.5 Å². The molecule has 0 aliphatic rings. The lowest BCUT2D eigenvalue weighted by molar-refractivity contribution is -0.131. The molecule has 2 heterocycles. The summed E-state index contributed by atoms with van der Waals surface area (Å²) >= 11 is 1.62. The van der Waals surface area contributed by atoms with Gasteiger partial charge in [-0.2, -0.15) is 11.3 Å². The van der Waals surface area contributed by atoms with Crippen LogP contribution in [-0.4, -0.2) is 35.3 Å². The van der Waals surface area contributed by atoms with Crippen molar-refractivity contribution in [1.82, 2.24) is 9.55 Å². The van der Waals surface area contributed by atoms with E-state index in [1.54, 1.807) is 11.3 Å². The van der Waals surface area contributed by atoms with Crippen molar-refractivity contribution >= 4 is 31.0 Å². The quantitative estimate of drug-likeness (QED) is 0.390. The summed E-state index contributed by atoms with van der Waals surface area (Å²) in [5.74, 6) is -0.0325. The first-order valence-electron chi connectivity index (χ1n) is 9.90. The Kier molecular flexibility index (Phi) is 8.21. The average Bonchev–Trinajstić information content (AvgIpc) is 3.25. The number of unbranched alkanes of at least 4 members (excludes halogenated alkanes) is 1. The van der Waals surface area contributed by atoms with Crippen LogP contribution in [0.15, 0.2) is 29.1 Å². The number of imidazole rings is 1. The van der Waals surface area contributed by atoms with Crippen molar-refractivity contribution in [2.75, 3.05) is 6.61 Å². The van der Waals surface area contributed by atoms with Gasteiger partial charge in [0.15, 0.2) is 0 Å². The standard InChI is InChI=1S/C21H32N2O3SSi/c1-6-8-9-19-22-14-18(23(19)21(26-7-2)28(3,4)5)17(13-20(24)25)12-16-10-11-27-15-16/h10-11,13-15,21H,6-9,12H2,1-5H3,(H,24,25). The molecule has 1 N–H and O–H groups in total. The van der Waals surface area contributed by atoms with Gasteiger partial charge in [-0.3, -0.25) is 0 Å². The summed E-state index contributed by atoms with van der Waals surface area (Å²) in [6.45, 7) is 11.6. The number of aliphatic carboxylic acids is 1. The Morgan fingerprint density at radius 2 is 2.14 bits per heavy atom. The van der Waals surface area contributed by atoms with Crippen LogP contribution in [0.2, 0.25) is 19.6 Å². The maximum absolute atomic E-state index is 11.6. The smallest absolute Gasteiger partial charge is 0.328 e. The fraction of sp³-hybridized carbons (Fsp3) is 0.524. The minimum Gasteiger partial charge on any atom is -0.478 e. The largest absolute Gasteiger partial charge is 0.478 e. The topological polar surface area (TPSA) is 64.3 Å². The van der Waals surface area contributed by atoms with E-state index < -0.39 is 14.0 Å². The highest BCUT2D eigenvalue weighted by molar-refractivity contribution is 7.07. The Morgan fingerprint density at radius 1 is 1.39 bits per heavy atom. The van der Waals surface area contributed by atoms with Crippen molar-refractivity contribution < 1.29 is 14.6 Å². The van der Waals surface area contributed by atoms with Crippen LogP contribution in [0.1, 0.15) is 49.6 Å². The second-order valence-corrected chi connectivity index (χ2v) is 14.0. The van der Waals surface area contributed by atoms with Crippen LogP contribution in [0.5, 0.6) is 0 Å². The monoisotopic (exact) mass is 420 g/mol. The number of aromatic nitrogens is 2. The summed E-state index contributed by atoms with van der Waals surface area (Å²) in [5, 5.41) is 13.6. The van der Waals surface area contributed by atoms with Gasteiger partial charge in [0.05, 0.1) is 11.9 Å². The number of rotatable bonds is 11. The summed E-state index contributed by atoms with van der Waals surface area (Å²) in [5.41, 5.74) is 2.74. The molecule has 2 aromatic heterocycles. The molecule has 0 spiro atoms. The van der Waals surface area contributed by atoms with Crippen molar-refractivity contribution in [2.45, 2.75) is 65.0 Å². The van der Waals surface area contributed by atoms with Crippen molar-refractivity contribution in [1.29, 1.82) is 0 Å². The average molecular weight is 421 g/mol. The van der Waals surface area contributed by atoms with Crippen LogP contribution >= 0.6 is 11.3 Å². The zero-order valence-corrected chi connectivity index (χ0v) is 19.4. The van der Waals surface area contributed by atoms with Crippen LogP contribution in [0.25, 0.3) is 5.57 Å². The summed E-state index contributed by atoms with van der Waals surface area (Å²) in [6, 6.07) is 2.04. The Labute approximate surface area is 173 Å². The number of hydrogen-bond acceptors (Lipinski definition) is 4. The summed E-state index contributed by atoms with van der Waals surface area (Å²) in [7, 11) is -1.75. The molecule has 28 heavy (non-hydrogen) atoms. The molecule has 7 heteroatoms. The molecule has 0 radical (unpaired) electrons. The van der Waals surface area contributed by atoms with Gasteiger partial charge >= 0.3 is 5.97 Å². The molecule has 154 valence electrons. The fourth-order valence-corrected chi connectivity index (χ4v) is 5.66. The number of thiophene rings is 1. The number of aryl methyl sites for hydroxylation is 1. The number of hydrogen-bond donors (Lipinski definition) is 1. The first kappa shape index (κ1) is 22.6. The van der Waals surface area contributed by atoms with Crippen molar-refractivity contribution in [3.63, 3.8) is 0 Å². The molecule has 5 nitrogen and oxygen atoms in total. The van der Waals surface area contributed by atoms with Crippen LogP contribution in [-0.2, 0) is 22.4 Å². The highest BCUT2D eigenvalue weighted by Gasteiger charge is 2.33. The molecule has 0 aliphatic carbocycles. The summed E-state index contributed by atoms with van der Waals surface area (Å²) < 4.78 is 8.40. The van der Waals surface area contributed by atoms with E-state index in [9.17, 15) is 9.90 Å². The molecule has 0 bridgehead atoms. The van der Waals surface area contributed by atoms with E-state index >= 15 is 0 Å². The molecule has 0 aliphatic heterocycles. The summed E-state index contributed by atoms with van der Waals surface area (Å²) in [6.07, 6.45) is 6.72. The molecule has 0 fully saturated rings. The van der Waals surface area contributed by atoms with Crippen LogP contribution in [0.3, 0.4) is 0 Å². The van der Waals surface area contributed by atoms with E-state index in [1.807, 2.05) is 24.6 Å². The third kappa shape index (κ3) is 5.89. The molecular formula is C21H32N2O3SSi. The highest BCUT2D eigenvalue weighted by Crippen LogP contribution is 2.31. The van der Waals surface area contributed by atoms with E-state index in [2.05, 4.69) is 36.5 Å². The van der Waals surface area contributed by atoms with Crippen molar-refractivity contribution in [3.05, 3.63) is 46.2 Å². The van der Waals surface area contributed by atoms with Gasteiger partial charge in [-0.05, 0) is 41.3 Å². The van der Waals surface area contributed by atoms with Crippen LogP contribution in [0.4, 0.5) is 0 Å². The minimum atomic E-state index is -1.75. The number of carboxylic acid groups (broad SMARTS) is 1. The molecule has 2 rings (SSSR count). The molecular weight excluding hydrogens is 388 g/mol. The lowest BCUT2D eigenvalue weighted by Crippen LogP contribution is -2.39. The highest BCUT2D eigenvalue weighted by atomic mass is 32.1. The van der Waals surface area contributed by atoms with Gasteiger partial charge in [0.1, 0.15) is 19.7 Å². The van der Waals surface area contributed by atoms with E-state index in [-0.39, 0.29) is 5.85 Å². The minimum absolute atomic E-state index is 0.0819. The van der Waals surface area contributed by atoms with Crippen molar-refractivity contribution in [3.8, 4) is 0 Å². The van der Waals surface area contributed by atoms with E-state index in [1.165, 1.54) is 6.08 Å². The molecule has 1 unspecified atom stereocenters. The predicted octanol–water partition coefficient (Wildman–Crippen LogP) is 5.41. The molecule has 0 saturated carbocycles. The number of ether oxygens (including phenoxy) is 1. The SMILES string of the molecule is CCCCc1ncc(C(=CC(=O)O)Cc2ccsc2)n1C(OCC)[Si](C)(C)C. The van der Waals surface area contributed by atoms with Gasteiger partial charge in [-0.25, -0.2) is 9.78 Å². The summed E-state index contributed by atoms with van der Waals surface area (Å²) in [4.78, 5) is 16.3. The lowest BCUT2D eigenvalue weighted by atomic mass is 10.0. The van der Waals surface area contributed by atoms with E-state index in [4.69, 9.17) is 9.72 Å². The van der Waals surface area contributed by atoms with Crippen molar-refractivity contribution in [2.24, 2.45) is 0 Å². The van der Waals surface area contributed by atoms with Gasteiger partial charge in [0.25, 0.3) is 0 Å². The molecule has 0 saturated heterocycles. The number of carbonyl (C=O) groups is 1. The van der Waals surface area contributed by atoms with Gasteiger partial charge in [-0.15, -0.1) is 0 Å². The third-order valence-electron chi connectivity index (χ3n) is 4.53. The maximum Gasteiger partial charge on any atom is 0.328 e. The molecule has 1 atom stereocenters. The molecule has 2 aromatic rings. The van der Waals surface area contributed by atoms with Gasteiger partial charge in [0.2, 0.25) is 0 Å². The van der Waals surface area contributed by atoms with Gasteiger partial charge in [-0.1, -0.05) is 33.0 Å². The Morgan fingerprint density at radius 3 is 2.68 bits per heavy atom. The maximum atomic E-state index is 11.6. The molecule has 0 amide bonds. The third-order valence-corrected chi connectivity index (χ3v) is 7.17. The second kappa shape index (κ2) is 10.2. The predicted molar refractivity (Wildman–Crippen MR) is 118 cm³/mol. The Bertz CT molecular complexity index is 791. The second-order valence-electron chi connectivity index (χ2n) is 8.02. The number of carboxylic acids is 1. The lowest BCUT2D eigenvalue weighted by Gasteiger charge is -2.33. The van der Waals surface area contributed by atoms with Gasteiger partial charge < -0.3 is 14.4 Å². The zero-order valence-electron chi connectivity index (χ0n) is 17.6. The Balaban J connectivity index is 2.59. The Hall–Kier alpha value is -1.70. The van der Waals surface area contributed by atoms with E-state index in [0.29, 0.717) is 13.0 Å². The normalized spacial score (nSPS) is 13.7. The first-order chi connectivity index (χ1) is 13.3.